The number of nitrogens with zero attached hydrogens (tertiary/aromatic N) is 1. The highest BCUT2D eigenvalue weighted by Gasteiger charge is 2.04. The van der Waals surface area contributed by atoms with Crippen LogP contribution in [-0.4, -0.2) is 16.6 Å². The van der Waals surface area contributed by atoms with Crippen molar-refractivity contribution in [2.75, 3.05) is 5.75 Å². The van der Waals surface area contributed by atoms with Crippen LogP contribution in [0.3, 0.4) is 0 Å². The fourth-order valence-electron chi connectivity index (χ4n) is 1.36. The van der Waals surface area contributed by atoms with Gasteiger partial charge in [-0.2, -0.15) is 0 Å². The van der Waals surface area contributed by atoms with Crippen LogP contribution in [0.5, 0.6) is 0 Å². The van der Waals surface area contributed by atoms with Gasteiger partial charge in [0, 0.05) is 11.1 Å². The van der Waals surface area contributed by atoms with E-state index in [0.29, 0.717) is 12.3 Å². The molecule has 2 heterocycles. The van der Waals surface area contributed by atoms with Crippen molar-refractivity contribution < 1.29 is 4.79 Å². The molecule has 0 saturated heterocycles. The van der Waals surface area contributed by atoms with Crippen molar-refractivity contribution in [1.82, 2.24) is 10.3 Å². The Labute approximate surface area is 125 Å². The Morgan fingerprint density at radius 2 is 2.26 bits per heavy atom. The predicted octanol–water partition coefficient (Wildman–Crippen LogP) is 3.51. The predicted molar refractivity (Wildman–Crippen MR) is 80.9 cm³/mol. The number of thiophene rings is 1. The van der Waals surface area contributed by atoms with E-state index < -0.39 is 0 Å². The van der Waals surface area contributed by atoms with Crippen LogP contribution in [0.4, 0.5) is 0 Å². The maximum atomic E-state index is 11.7. The average Bonchev–Trinajstić information content (AvgIpc) is 2.81. The van der Waals surface area contributed by atoms with Crippen molar-refractivity contribution >= 4 is 40.6 Å². The Morgan fingerprint density at radius 3 is 2.89 bits per heavy atom. The number of aryl methyl sites for hydroxylation is 1. The minimum Gasteiger partial charge on any atom is -0.350 e. The minimum absolute atomic E-state index is 0.00287. The van der Waals surface area contributed by atoms with Crippen molar-refractivity contribution in [3.63, 3.8) is 0 Å². The van der Waals surface area contributed by atoms with Gasteiger partial charge in [0.25, 0.3) is 0 Å². The number of carbonyl (C=O) groups excluding carboxylic acids is 1. The normalized spacial score (nSPS) is 10.4. The molecular formula is C13H13ClN2OS2. The lowest BCUT2D eigenvalue weighted by atomic mass is 10.3. The van der Waals surface area contributed by atoms with E-state index in [2.05, 4.69) is 10.3 Å². The summed E-state index contributed by atoms with van der Waals surface area (Å²) >= 11 is 8.73. The third-order valence-corrected chi connectivity index (χ3v) is 4.50. The number of hydrogen-bond acceptors (Lipinski definition) is 4. The number of thioether (sulfide) groups is 1. The van der Waals surface area contributed by atoms with E-state index in [1.807, 2.05) is 31.2 Å². The Bertz CT molecular complexity index is 554. The molecule has 3 nitrogen and oxygen atoms in total. The Balaban J connectivity index is 1.74. The molecule has 1 N–H and O–H groups in total. The molecule has 0 aromatic carbocycles. The van der Waals surface area contributed by atoms with Crippen molar-refractivity contribution in [2.24, 2.45) is 0 Å². The molecule has 0 bridgehead atoms. The maximum absolute atomic E-state index is 11.7. The van der Waals surface area contributed by atoms with Gasteiger partial charge in [-0.3, -0.25) is 4.79 Å². The summed E-state index contributed by atoms with van der Waals surface area (Å²) in [5, 5.41) is 3.72. The Morgan fingerprint density at radius 1 is 1.42 bits per heavy atom. The average molecular weight is 313 g/mol. The van der Waals surface area contributed by atoms with Crippen LogP contribution >= 0.6 is 34.7 Å². The van der Waals surface area contributed by atoms with Crippen LogP contribution in [-0.2, 0) is 11.3 Å². The fourth-order valence-corrected chi connectivity index (χ4v) is 3.06. The van der Waals surface area contributed by atoms with Crippen molar-refractivity contribution in [3.8, 4) is 0 Å². The number of nitrogens with one attached hydrogen (secondary N) is 1. The van der Waals surface area contributed by atoms with E-state index in [0.717, 1.165) is 19.8 Å². The van der Waals surface area contributed by atoms with Crippen molar-refractivity contribution in [1.29, 1.82) is 0 Å². The molecule has 0 atom stereocenters. The van der Waals surface area contributed by atoms with Crippen molar-refractivity contribution in [3.05, 3.63) is 45.2 Å². The quantitative estimate of drug-likeness (QED) is 0.859. The first-order valence-corrected chi connectivity index (χ1v) is 7.88. The number of rotatable bonds is 5. The molecule has 0 aliphatic carbocycles. The molecule has 0 radical (unpaired) electrons. The molecule has 2 aromatic rings. The molecule has 2 rings (SSSR count). The summed E-state index contributed by atoms with van der Waals surface area (Å²) in [5.41, 5.74) is 1.11. The van der Waals surface area contributed by atoms with E-state index in [-0.39, 0.29) is 5.91 Å². The second-order valence-corrected chi connectivity index (χ2v) is 6.74. The molecule has 0 aliphatic rings. The standard InChI is InChI=1S/C13H13ClN2OS2/c1-9-2-5-13(16-6-9)18-8-12(17)15-7-10-3-4-11(14)19-10/h2-6H,7-8H2,1H3,(H,15,17). The molecule has 0 saturated carbocycles. The molecule has 19 heavy (non-hydrogen) atoms. The van der Waals surface area contributed by atoms with Crippen LogP contribution in [0, 0.1) is 6.92 Å². The number of hydrogen-bond donors (Lipinski definition) is 1. The lowest BCUT2D eigenvalue weighted by Crippen LogP contribution is -2.24. The van der Waals surface area contributed by atoms with Gasteiger partial charge < -0.3 is 5.32 Å². The molecule has 100 valence electrons. The summed E-state index contributed by atoms with van der Waals surface area (Å²) in [6.45, 7) is 2.51. The van der Waals surface area contributed by atoms with Crippen LogP contribution < -0.4 is 5.32 Å². The van der Waals surface area contributed by atoms with Crippen LogP contribution in [0.1, 0.15) is 10.4 Å². The summed E-state index contributed by atoms with van der Waals surface area (Å²) in [5.74, 6) is 0.367. The zero-order chi connectivity index (χ0) is 13.7. The zero-order valence-corrected chi connectivity index (χ0v) is 12.7. The van der Waals surface area contributed by atoms with Gasteiger partial charge in [-0.15, -0.1) is 11.3 Å². The number of aromatic nitrogens is 1. The molecule has 0 spiro atoms. The highest BCUT2D eigenvalue weighted by Crippen LogP contribution is 2.21. The molecule has 2 aromatic heterocycles. The Kier molecular flexibility index (Phi) is 5.24. The van der Waals surface area contributed by atoms with Gasteiger partial charge in [-0.1, -0.05) is 29.4 Å². The first kappa shape index (κ1) is 14.4. The number of halogens is 1. The van der Waals surface area contributed by atoms with E-state index in [4.69, 9.17) is 11.6 Å². The lowest BCUT2D eigenvalue weighted by Gasteiger charge is -2.03. The van der Waals surface area contributed by atoms with E-state index in [1.165, 1.54) is 23.1 Å². The van der Waals surface area contributed by atoms with Gasteiger partial charge in [-0.05, 0) is 30.7 Å². The van der Waals surface area contributed by atoms with Crippen molar-refractivity contribution in [2.45, 2.75) is 18.5 Å². The minimum atomic E-state index is -0.00287. The highest BCUT2D eigenvalue weighted by atomic mass is 35.5. The van der Waals surface area contributed by atoms with E-state index >= 15 is 0 Å². The molecule has 6 heteroatoms. The van der Waals surface area contributed by atoms with Gasteiger partial charge in [0.05, 0.1) is 21.7 Å². The zero-order valence-electron chi connectivity index (χ0n) is 10.4. The molecule has 0 fully saturated rings. The second kappa shape index (κ2) is 6.93. The third kappa shape index (κ3) is 4.86. The molecule has 1 amide bonds. The van der Waals surface area contributed by atoms with Crippen LogP contribution in [0.15, 0.2) is 35.5 Å². The fraction of sp³-hybridized carbons (Fsp3) is 0.231. The van der Waals surface area contributed by atoms with Gasteiger partial charge in [-0.25, -0.2) is 4.98 Å². The molecule has 0 unspecified atom stereocenters. The Hall–Kier alpha value is -1.04. The summed E-state index contributed by atoms with van der Waals surface area (Å²) in [7, 11) is 0. The van der Waals surface area contributed by atoms with E-state index in [1.54, 1.807) is 6.20 Å². The van der Waals surface area contributed by atoms with Crippen LogP contribution in [0.25, 0.3) is 0 Å². The third-order valence-electron chi connectivity index (χ3n) is 2.32. The van der Waals surface area contributed by atoms with Gasteiger partial charge >= 0.3 is 0 Å². The summed E-state index contributed by atoms with van der Waals surface area (Å²) < 4.78 is 0.738. The smallest absolute Gasteiger partial charge is 0.230 e. The SMILES string of the molecule is Cc1ccc(SCC(=O)NCc2ccc(Cl)s2)nc1. The second-order valence-electron chi connectivity index (χ2n) is 3.95. The number of carbonyl (C=O) groups is 1. The first-order valence-electron chi connectivity index (χ1n) is 5.70. The van der Waals surface area contributed by atoms with Gasteiger partial charge in [0.1, 0.15) is 0 Å². The first-order chi connectivity index (χ1) is 9.13. The largest absolute Gasteiger partial charge is 0.350 e. The molecular weight excluding hydrogens is 300 g/mol. The summed E-state index contributed by atoms with van der Waals surface area (Å²) in [6.07, 6.45) is 1.80. The number of pyridine rings is 1. The molecule has 0 aliphatic heterocycles. The lowest BCUT2D eigenvalue weighted by molar-refractivity contribution is -0.118. The summed E-state index contributed by atoms with van der Waals surface area (Å²) in [6, 6.07) is 7.66. The van der Waals surface area contributed by atoms with Crippen LogP contribution in [0.2, 0.25) is 4.34 Å². The monoisotopic (exact) mass is 312 g/mol. The topological polar surface area (TPSA) is 42.0 Å². The summed E-state index contributed by atoms with van der Waals surface area (Å²) in [4.78, 5) is 17.0. The van der Waals surface area contributed by atoms with E-state index in [9.17, 15) is 4.79 Å². The van der Waals surface area contributed by atoms with Gasteiger partial charge in [0.2, 0.25) is 5.91 Å². The van der Waals surface area contributed by atoms with Gasteiger partial charge in [0.15, 0.2) is 0 Å². The number of amides is 1. The highest BCUT2D eigenvalue weighted by molar-refractivity contribution is 7.99. The maximum Gasteiger partial charge on any atom is 0.230 e.